The number of carbonyl (C=O) groups excluding carboxylic acids is 2. The van der Waals surface area contributed by atoms with Crippen LogP contribution in [0.3, 0.4) is 0 Å². The number of amides is 2. The summed E-state index contributed by atoms with van der Waals surface area (Å²) >= 11 is 0. The lowest BCUT2D eigenvalue weighted by Crippen LogP contribution is -2.28. The molecule has 35 heavy (non-hydrogen) atoms. The number of phenols is 1. The Morgan fingerprint density at radius 1 is 0.829 bits per heavy atom. The standard InChI is InChI=1S/C27H30N4O3.CH4/c1-19-4-8-21(9-5-19)28-27(34)24-13-12-23(32)18-25(24)29-26(33)20-6-10-22(11-7-20)31-15-3-14-30(2)16-17-31;/h4-13,18,32H,3,14-17H2,1-2H3,(H,28,34)(H,29,33);1H4. The van der Waals surface area contributed by atoms with Crippen LogP contribution in [0.1, 0.15) is 40.1 Å². The molecular weight excluding hydrogens is 440 g/mol. The molecule has 3 aromatic carbocycles. The van der Waals surface area contributed by atoms with Gasteiger partial charge in [0.15, 0.2) is 0 Å². The highest BCUT2D eigenvalue weighted by Crippen LogP contribution is 2.24. The minimum Gasteiger partial charge on any atom is -0.508 e. The largest absolute Gasteiger partial charge is 0.508 e. The first-order valence-electron chi connectivity index (χ1n) is 11.4. The number of hydrogen-bond donors (Lipinski definition) is 3. The van der Waals surface area contributed by atoms with E-state index in [1.165, 1.54) is 18.2 Å². The van der Waals surface area contributed by atoms with Gasteiger partial charge in [0.05, 0.1) is 11.3 Å². The topological polar surface area (TPSA) is 84.9 Å². The van der Waals surface area contributed by atoms with Crippen molar-refractivity contribution in [1.82, 2.24) is 4.90 Å². The summed E-state index contributed by atoms with van der Waals surface area (Å²) in [6.07, 6.45) is 1.10. The summed E-state index contributed by atoms with van der Waals surface area (Å²) in [5, 5.41) is 15.6. The van der Waals surface area contributed by atoms with Crippen molar-refractivity contribution in [2.75, 3.05) is 48.8 Å². The Balaban J connectivity index is 0.00000342. The van der Waals surface area contributed by atoms with Crippen LogP contribution in [0.15, 0.2) is 66.7 Å². The van der Waals surface area contributed by atoms with Gasteiger partial charge < -0.3 is 25.5 Å². The number of likely N-dealkylation sites (N-methyl/N-ethyl adjacent to an activating group) is 1. The van der Waals surface area contributed by atoms with E-state index in [0.29, 0.717) is 11.3 Å². The van der Waals surface area contributed by atoms with Gasteiger partial charge in [0, 0.05) is 42.6 Å². The molecule has 0 saturated carbocycles. The van der Waals surface area contributed by atoms with Crippen molar-refractivity contribution in [2.24, 2.45) is 0 Å². The van der Waals surface area contributed by atoms with Crippen LogP contribution in [-0.2, 0) is 0 Å². The molecule has 0 aromatic heterocycles. The quantitative estimate of drug-likeness (QED) is 0.486. The molecule has 7 nitrogen and oxygen atoms in total. The Hall–Kier alpha value is -3.84. The van der Waals surface area contributed by atoms with Gasteiger partial charge in [-0.05, 0) is 75.5 Å². The number of hydrogen-bond acceptors (Lipinski definition) is 5. The van der Waals surface area contributed by atoms with Gasteiger partial charge >= 0.3 is 0 Å². The molecule has 1 fully saturated rings. The molecule has 0 radical (unpaired) electrons. The zero-order valence-corrected chi connectivity index (χ0v) is 19.5. The Labute approximate surface area is 207 Å². The summed E-state index contributed by atoms with van der Waals surface area (Å²) in [6.45, 7) is 6.00. The van der Waals surface area contributed by atoms with Gasteiger partial charge in [-0.3, -0.25) is 9.59 Å². The molecule has 3 aromatic rings. The molecule has 0 spiro atoms. The van der Waals surface area contributed by atoms with Crippen molar-refractivity contribution in [3.05, 3.63) is 83.4 Å². The van der Waals surface area contributed by atoms with Crippen molar-refractivity contribution in [1.29, 1.82) is 0 Å². The highest BCUT2D eigenvalue weighted by atomic mass is 16.3. The van der Waals surface area contributed by atoms with Crippen LogP contribution in [0.4, 0.5) is 17.1 Å². The van der Waals surface area contributed by atoms with Gasteiger partial charge in [-0.15, -0.1) is 0 Å². The molecule has 0 unspecified atom stereocenters. The van der Waals surface area contributed by atoms with Crippen LogP contribution in [0.2, 0.25) is 0 Å². The smallest absolute Gasteiger partial charge is 0.257 e. The lowest BCUT2D eigenvalue weighted by molar-refractivity contribution is 0.102. The maximum absolute atomic E-state index is 12.9. The molecule has 0 aliphatic carbocycles. The van der Waals surface area contributed by atoms with Gasteiger partial charge in [-0.25, -0.2) is 0 Å². The van der Waals surface area contributed by atoms with E-state index in [1.54, 1.807) is 12.1 Å². The van der Waals surface area contributed by atoms with Crippen LogP contribution < -0.4 is 15.5 Å². The predicted molar refractivity (Wildman–Crippen MR) is 143 cm³/mol. The Kier molecular flexibility index (Phi) is 8.49. The van der Waals surface area contributed by atoms with Gasteiger partial charge in [0.25, 0.3) is 11.8 Å². The number of nitrogens with one attached hydrogen (secondary N) is 2. The summed E-state index contributed by atoms with van der Waals surface area (Å²) in [7, 11) is 2.13. The first-order valence-corrected chi connectivity index (χ1v) is 11.4. The van der Waals surface area contributed by atoms with E-state index in [2.05, 4.69) is 27.5 Å². The molecule has 1 aliphatic rings. The fourth-order valence-corrected chi connectivity index (χ4v) is 3.99. The number of benzene rings is 3. The van der Waals surface area contributed by atoms with Gasteiger partial charge in [0.1, 0.15) is 5.75 Å². The number of carbonyl (C=O) groups is 2. The van der Waals surface area contributed by atoms with E-state index < -0.39 is 0 Å². The molecule has 3 N–H and O–H groups in total. The van der Waals surface area contributed by atoms with E-state index in [-0.39, 0.29) is 36.2 Å². The highest BCUT2D eigenvalue weighted by molar-refractivity contribution is 6.12. The third-order valence-corrected chi connectivity index (χ3v) is 6.02. The summed E-state index contributed by atoms with van der Waals surface area (Å²) in [4.78, 5) is 30.5. The van der Waals surface area contributed by atoms with Crippen molar-refractivity contribution < 1.29 is 14.7 Å². The highest BCUT2D eigenvalue weighted by Gasteiger charge is 2.17. The van der Waals surface area contributed by atoms with Crippen LogP contribution in [0.5, 0.6) is 5.75 Å². The molecule has 4 rings (SSSR count). The second-order valence-corrected chi connectivity index (χ2v) is 8.69. The average molecular weight is 475 g/mol. The number of aromatic hydroxyl groups is 1. The van der Waals surface area contributed by atoms with E-state index in [9.17, 15) is 14.7 Å². The number of phenolic OH excluding ortho intramolecular Hbond substituents is 1. The minimum absolute atomic E-state index is 0. The molecule has 1 saturated heterocycles. The second-order valence-electron chi connectivity index (χ2n) is 8.69. The molecule has 1 heterocycles. The molecule has 184 valence electrons. The average Bonchev–Trinajstić information content (AvgIpc) is 3.05. The summed E-state index contributed by atoms with van der Waals surface area (Å²) in [5.41, 5.74) is 3.80. The van der Waals surface area contributed by atoms with E-state index >= 15 is 0 Å². The van der Waals surface area contributed by atoms with Crippen LogP contribution in [-0.4, -0.2) is 55.0 Å². The first-order chi connectivity index (χ1) is 16.4. The van der Waals surface area contributed by atoms with E-state index in [4.69, 9.17) is 0 Å². The molecular formula is C28H34N4O3. The number of rotatable bonds is 5. The second kappa shape index (κ2) is 11.5. The van der Waals surface area contributed by atoms with Gasteiger partial charge in [-0.2, -0.15) is 0 Å². The molecule has 0 bridgehead atoms. The third-order valence-electron chi connectivity index (χ3n) is 6.02. The maximum atomic E-state index is 12.9. The maximum Gasteiger partial charge on any atom is 0.257 e. The van der Waals surface area contributed by atoms with Crippen molar-refractivity contribution in [3.63, 3.8) is 0 Å². The normalized spacial score (nSPS) is 13.9. The zero-order valence-electron chi connectivity index (χ0n) is 19.5. The zero-order chi connectivity index (χ0) is 24.1. The number of aryl methyl sites for hydroxylation is 1. The SMILES string of the molecule is C.Cc1ccc(NC(=O)c2ccc(O)cc2NC(=O)c2ccc(N3CCCN(C)CC3)cc2)cc1. The summed E-state index contributed by atoms with van der Waals surface area (Å²) < 4.78 is 0. The fourth-order valence-electron chi connectivity index (χ4n) is 3.99. The van der Waals surface area contributed by atoms with Gasteiger partial charge in [0.2, 0.25) is 0 Å². The monoisotopic (exact) mass is 474 g/mol. The molecule has 0 atom stereocenters. The Bertz CT molecular complexity index is 1160. The molecule has 2 amide bonds. The van der Waals surface area contributed by atoms with Gasteiger partial charge in [-0.1, -0.05) is 25.1 Å². The number of nitrogens with zero attached hydrogens (tertiary/aromatic N) is 2. The lowest BCUT2D eigenvalue weighted by atomic mass is 10.1. The lowest BCUT2D eigenvalue weighted by Gasteiger charge is -2.23. The summed E-state index contributed by atoms with van der Waals surface area (Å²) in [6, 6.07) is 19.2. The van der Waals surface area contributed by atoms with E-state index in [0.717, 1.165) is 43.9 Å². The first kappa shape index (κ1) is 25.8. The number of anilines is 3. The van der Waals surface area contributed by atoms with Crippen molar-refractivity contribution in [3.8, 4) is 5.75 Å². The molecule has 1 aliphatic heterocycles. The van der Waals surface area contributed by atoms with Crippen molar-refractivity contribution in [2.45, 2.75) is 20.8 Å². The summed E-state index contributed by atoms with van der Waals surface area (Å²) in [5.74, 6) is -0.763. The van der Waals surface area contributed by atoms with Crippen LogP contribution >= 0.6 is 0 Å². The van der Waals surface area contributed by atoms with E-state index in [1.807, 2.05) is 43.3 Å². The molecule has 7 heteroatoms. The predicted octanol–water partition coefficient (Wildman–Crippen LogP) is 4.98. The minimum atomic E-state index is -0.374. The van der Waals surface area contributed by atoms with Crippen molar-refractivity contribution >= 4 is 28.9 Å². The van der Waals surface area contributed by atoms with Crippen LogP contribution in [0, 0.1) is 6.92 Å². The third kappa shape index (κ3) is 6.61. The Morgan fingerprint density at radius 2 is 1.54 bits per heavy atom. The Morgan fingerprint density at radius 3 is 2.26 bits per heavy atom. The fraction of sp³-hybridized carbons (Fsp3) is 0.286. The van der Waals surface area contributed by atoms with Crippen LogP contribution in [0.25, 0.3) is 0 Å².